The Morgan fingerprint density at radius 1 is 1.00 bits per heavy atom. The molecule has 2 aromatic rings. The summed E-state index contributed by atoms with van der Waals surface area (Å²) in [5, 5.41) is 4.72. The van der Waals surface area contributed by atoms with E-state index in [1.165, 1.54) is 30.3 Å². The maximum Gasteiger partial charge on any atom is 0.340 e. The van der Waals surface area contributed by atoms with Crippen LogP contribution in [0.3, 0.4) is 0 Å². The predicted molar refractivity (Wildman–Crippen MR) is 101 cm³/mol. The number of amides is 2. The van der Waals surface area contributed by atoms with Crippen LogP contribution in [0.5, 0.6) is 0 Å². The molecule has 0 unspecified atom stereocenters. The van der Waals surface area contributed by atoms with Crippen molar-refractivity contribution < 1.29 is 33.0 Å². The summed E-state index contributed by atoms with van der Waals surface area (Å²) in [6, 6.07) is 11.2. The van der Waals surface area contributed by atoms with Gasteiger partial charge in [0.2, 0.25) is 0 Å². The number of esters is 2. The maximum absolute atomic E-state index is 13.1. The zero-order valence-corrected chi connectivity index (χ0v) is 15.6. The van der Waals surface area contributed by atoms with Crippen LogP contribution < -0.4 is 10.6 Å². The summed E-state index contributed by atoms with van der Waals surface area (Å²) in [7, 11) is 0. The van der Waals surface area contributed by atoms with Crippen molar-refractivity contribution in [1.82, 2.24) is 5.32 Å². The van der Waals surface area contributed by atoms with Gasteiger partial charge in [-0.3, -0.25) is 14.4 Å². The third-order valence-electron chi connectivity index (χ3n) is 3.54. The molecule has 2 aromatic carbocycles. The van der Waals surface area contributed by atoms with Gasteiger partial charge in [-0.25, -0.2) is 9.18 Å². The molecule has 0 spiro atoms. The van der Waals surface area contributed by atoms with E-state index in [-0.39, 0.29) is 23.4 Å². The molecular weight excluding hydrogens is 383 g/mol. The average Bonchev–Trinajstić information content (AvgIpc) is 2.71. The first-order valence-electron chi connectivity index (χ1n) is 8.66. The number of rotatable bonds is 8. The number of hydrogen-bond donors (Lipinski definition) is 2. The number of carbonyl (C=O) groups is 4. The van der Waals surface area contributed by atoms with E-state index in [1.807, 2.05) is 0 Å². The van der Waals surface area contributed by atoms with Crippen molar-refractivity contribution in [3.8, 4) is 0 Å². The first-order valence-corrected chi connectivity index (χ1v) is 8.66. The molecule has 29 heavy (non-hydrogen) atoms. The standard InChI is InChI=1S/C20H19FN2O6/c1-2-28-20(27)15-8-3-4-9-16(15)23-17(24)12-29-18(25)11-22-19(26)13-6-5-7-14(21)10-13/h3-10H,2,11-12H2,1H3,(H,22,26)(H,23,24). The van der Waals surface area contributed by atoms with Crippen molar-refractivity contribution in [3.63, 3.8) is 0 Å². The second kappa shape index (κ2) is 10.5. The summed E-state index contributed by atoms with van der Waals surface area (Å²) in [5.74, 6) is -3.37. The lowest BCUT2D eigenvalue weighted by Gasteiger charge is -2.11. The van der Waals surface area contributed by atoms with E-state index in [2.05, 4.69) is 10.6 Å². The maximum atomic E-state index is 13.1. The highest BCUT2D eigenvalue weighted by Crippen LogP contribution is 2.16. The molecule has 0 saturated carbocycles. The molecule has 0 heterocycles. The van der Waals surface area contributed by atoms with E-state index in [4.69, 9.17) is 9.47 Å². The Labute approximate surface area is 166 Å². The van der Waals surface area contributed by atoms with Gasteiger partial charge in [0.15, 0.2) is 6.61 Å². The van der Waals surface area contributed by atoms with Crippen LogP contribution in [0, 0.1) is 5.82 Å². The SMILES string of the molecule is CCOC(=O)c1ccccc1NC(=O)COC(=O)CNC(=O)c1cccc(F)c1. The molecule has 0 aromatic heterocycles. The third kappa shape index (κ3) is 6.73. The molecule has 9 heteroatoms. The van der Waals surface area contributed by atoms with Crippen LogP contribution >= 0.6 is 0 Å². The lowest BCUT2D eigenvalue weighted by atomic mass is 10.2. The largest absolute Gasteiger partial charge is 0.462 e. The highest BCUT2D eigenvalue weighted by atomic mass is 19.1. The molecule has 0 radical (unpaired) electrons. The van der Waals surface area contributed by atoms with Crippen LogP contribution in [0.4, 0.5) is 10.1 Å². The average molecular weight is 402 g/mol. The molecule has 0 aliphatic carbocycles. The minimum absolute atomic E-state index is 0.0473. The van der Waals surface area contributed by atoms with E-state index in [0.717, 1.165) is 6.07 Å². The second-order valence-corrected chi connectivity index (χ2v) is 5.67. The topological polar surface area (TPSA) is 111 Å². The molecule has 0 saturated heterocycles. The molecule has 0 fully saturated rings. The van der Waals surface area contributed by atoms with Gasteiger partial charge in [-0.2, -0.15) is 0 Å². The van der Waals surface area contributed by atoms with Gasteiger partial charge in [-0.1, -0.05) is 18.2 Å². The van der Waals surface area contributed by atoms with Crippen molar-refractivity contribution in [2.75, 3.05) is 25.1 Å². The van der Waals surface area contributed by atoms with Gasteiger partial charge in [0.05, 0.1) is 17.9 Å². The van der Waals surface area contributed by atoms with Gasteiger partial charge in [-0.15, -0.1) is 0 Å². The first kappa shape index (κ1) is 21.5. The fourth-order valence-electron chi connectivity index (χ4n) is 2.25. The third-order valence-corrected chi connectivity index (χ3v) is 3.54. The van der Waals surface area contributed by atoms with Gasteiger partial charge >= 0.3 is 11.9 Å². The summed E-state index contributed by atoms with van der Waals surface area (Å²) in [6.45, 7) is 0.722. The summed E-state index contributed by atoms with van der Waals surface area (Å²) in [5.41, 5.74) is 0.425. The fourth-order valence-corrected chi connectivity index (χ4v) is 2.25. The van der Waals surface area contributed by atoms with Crippen LogP contribution in [0.1, 0.15) is 27.6 Å². The Balaban J connectivity index is 1.81. The molecule has 0 aliphatic heterocycles. The van der Waals surface area contributed by atoms with Crippen molar-refractivity contribution in [1.29, 1.82) is 0 Å². The molecule has 0 bridgehead atoms. The lowest BCUT2D eigenvalue weighted by molar-refractivity contribution is -0.146. The number of benzene rings is 2. The number of hydrogen-bond acceptors (Lipinski definition) is 6. The first-order chi connectivity index (χ1) is 13.9. The van der Waals surface area contributed by atoms with Crippen molar-refractivity contribution >= 4 is 29.4 Å². The van der Waals surface area contributed by atoms with E-state index in [9.17, 15) is 23.6 Å². The number of nitrogens with one attached hydrogen (secondary N) is 2. The van der Waals surface area contributed by atoms with Crippen LogP contribution in [-0.4, -0.2) is 43.5 Å². The normalized spacial score (nSPS) is 10.0. The number of anilines is 1. The predicted octanol–water partition coefficient (Wildman–Crippen LogP) is 1.91. The Kier molecular flexibility index (Phi) is 7.84. The summed E-state index contributed by atoms with van der Waals surface area (Å²) < 4.78 is 22.8. The van der Waals surface area contributed by atoms with E-state index in [1.54, 1.807) is 19.1 Å². The van der Waals surface area contributed by atoms with Crippen molar-refractivity contribution in [3.05, 3.63) is 65.5 Å². The van der Waals surface area contributed by atoms with Crippen molar-refractivity contribution in [2.45, 2.75) is 6.92 Å². The summed E-state index contributed by atoms with van der Waals surface area (Å²) in [6.07, 6.45) is 0. The number of halogens is 1. The lowest BCUT2D eigenvalue weighted by Crippen LogP contribution is -2.32. The van der Waals surface area contributed by atoms with E-state index >= 15 is 0 Å². The molecule has 0 atom stereocenters. The molecule has 2 rings (SSSR count). The Hall–Kier alpha value is -3.75. The summed E-state index contributed by atoms with van der Waals surface area (Å²) in [4.78, 5) is 47.4. The van der Waals surface area contributed by atoms with Crippen LogP contribution in [-0.2, 0) is 19.1 Å². The Bertz CT molecular complexity index is 915. The van der Waals surface area contributed by atoms with E-state index in [0.29, 0.717) is 0 Å². The zero-order valence-electron chi connectivity index (χ0n) is 15.6. The van der Waals surface area contributed by atoms with Gasteiger partial charge < -0.3 is 20.1 Å². The van der Waals surface area contributed by atoms with Gasteiger partial charge in [-0.05, 0) is 37.3 Å². The minimum Gasteiger partial charge on any atom is -0.462 e. The monoisotopic (exact) mass is 402 g/mol. The van der Waals surface area contributed by atoms with Gasteiger partial charge in [0, 0.05) is 5.56 Å². The second-order valence-electron chi connectivity index (χ2n) is 5.67. The van der Waals surface area contributed by atoms with Crippen molar-refractivity contribution in [2.24, 2.45) is 0 Å². The van der Waals surface area contributed by atoms with Crippen LogP contribution in [0.15, 0.2) is 48.5 Å². The molecular formula is C20H19FN2O6. The number of carbonyl (C=O) groups excluding carboxylic acids is 4. The van der Waals surface area contributed by atoms with Gasteiger partial charge in [0.25, 0.3) is 11.8 Å². The quantitative estimate of drug-likeness (QED) is 0.653. The number of para-hydroxylation sites is 1. The fraction of sp³-hybridized carbons (Fsp3) is 0.200. The highest BCUT2D eigenvalue weighted by molar-refractivity contribution is 6.02. The smallest absolute Gasteiger partial charge is 0.340 e. The van der Waals surface area contributed by atoms with Gasteiger partial charge in [0.1, 0.15) is 12.4 Å². The highest BCUT2D eigenvalue weighted by Gasteiger charge is 2.15. The van der Waals surface area contributed by atoms with Crippen LogP contribution in [0.2, 0.25) is 0 Å². The minimum atomic E-state index is -0.858. The molecule has 0 aliphatic rings. The summed E-state index contributed by atoms with van der Waals surface area (Å²) >= 11 is 0. The van der Waals surface area contributed by atoms with E-state index < -0.39 is 42.7 Å². The zero-order chi connectivity index (χ0) is 21.2. The molecule has 8 nitrogen and oxygen atoms in total. The molecule has 152 valence electrons. The Morgan fingerprint density at radius 3 is 2.48 bits per heavy atom. The number of ether oxygens (including phenoxy) is 2. The van der Waals surface area contributed by atoms with Crippen LogP contribution in [0.25, 0.3) is 0 Å². The molecule has 2 amide bonds. The molecule has 2 N–H and O–H groups in total. The Morgan fingerprint density at radius 2 is 1.76 bits per heavy atom.